The van der Waals surface area contributed by atoms with Crippen molar-refractivity contribution in [1.29, 1.82) is 0 Å². The minimum absolute atomic E-state index is 0.315. The molecular formula is C22H29FO. The number of allylic oxidation sites excluding steroid dienone is 2. The Hall–Kier alpha value is -1.75. The van der Waals surface area contributed by atoms with E-state index in [4.69, 9.17) is 4.74 Å². The molecule has 1 aliphatic carbocycles. The molecule has 0 bridgehead atoms. The summed E-state index contributed by atoms with van der Waals surface area (Å²) in [6, 6.07) is 4.89. The van der Waals surface area contributed by atoms with Crippen LogP contribution in [0.1, 0.15) is 64.4 Å². The van der Waals surface area contributed by atoms with Gasteiger partial charge in [-0.1, -0.05) is 44.6 Å². The van der Waals surface area contributed by atoms with Crippen molar-refractivity contribution >= 4 is 0 Å². The van der Waals surface area contributed by atoms with Crippen LogP contribution in [0.4, 0.5) is 4.39 Å². The maximum Gasteiger partial charge on any atom is 0.142 e. The van der Waals surface area contributed by atoms with Gasteiger partial charge in [0.05, 0.1) is 12.2 Å². The molecule has 0 radical (unpaired) electrons. The van der Waals surface area contributed by atoms with Gasteiger partial charge in [-0.25, -0.2) is 4.39 Å². The van der Waals surface area contributed by atoms with Crippen LogP contribution in [0.5, 0.6) is 5.75 Å². The number of halogens is 1. The average molecular weight is 328 g/mol. The first-order valence-corrected chi connectivity index (χ1v) is 9.33. The molecule has 2 rings (SSSR count). The van der Waals surface area contributed by atoms with E-state index in [1.54, 1.807) is 12.1 Å². The summed E-state index contributed by atoms with van der Waals surface area (Å²) in [6.07, 6.45) is 12.9. The zero-order valence-corrected chi connectivity index (χ0v) is 15.0. The molecule has 1 saturated carbocycles. The van der Waals surface area contributed by atoms with Crippen LogP contribution in [0.2, 0.25) is 0 Å². The van der Waals surface area contributed by atoms with Gasteiger partial charge in [0.1, 0.15) is 11.6 Å². The maximum absolute atomic E-state index is 14.0. The largest absolute Gasteiger partial charge is 0.494 e. The molecule has 24 heavy (non-hydrogen) atoms. The van der Waals surface area contributed by atoms with E-state index in [0.29, 0.717) is 23.8 Å². The SMILES string of the molecule is CCCOc1ccc(C#CC=CC2CCC(CCC)CC2)c(F)c1. The van der Waals surface area contributed by atoms with Gasteiger partial charge >= 0.3 is 0 Å². The van der Waals surface area contributed by atoms with Crippen LogP contribution in [-0.2, 0) is 0 Å². The highest BCUT2D eigenvalue weighted by molar-refractivity contribution is 5.41. The van der Waals surface area contributed by atoms with E-state index in [9.17, 15) is 4.39 Å². The molecule has 0 saturated heterocycles. The molecule has 0 unspecified atom stereocenters. The lowest BCUT2D eigenvalue weighted by atomic mass is 9.80. The molecule has 0 N–H and O–H groups in total. The first kappa shape index (κ1) is 18.6. The van der Waals surface area contributed by atoms with E-state index in [2.05, 4.69) is 24.8 Å². The van der Waals surface area contributed by atoms with E-state index >= 15 is 0 Å². The number of rotatable bonds is 6. The fraction of sp³-hybridized carbons (Fsp3) is 0.545. The average Bonchev–Trinajstić information content (AvgIpc) is 2.60. The Morgan fingerprint density at radius 1 is 1.17 bits per heavy atom. The van der Waals surface area contributed by atoms with E-state index in [1.807, 2.05) is 13.0 Å². The van der Waals surface area contributed by atoms with Crippen LogP contribution in [0.25, 0.3) is 0 Å². The lowest BCUT2D eigenvalue weighted by molar-refractivity contribution is 0.294. The molecule has 0 heterocycles. The lowest BCUT2D eigenvalue weighted by Crippen LogP contribution is -2.12. The Morgan fingerprint density at radius 2 is 1.96 bits per heavy atom. The summed E-state index contributed by atoms with van der Waals surface area (Å²) in [6.45, 7) is 4.90. The van der Waals surface area contributed by atoms with Crippen molar-refractivity contribution in [1.82, 2.24) is 0 Å². The summed E-state index contributed by atoms with van der Waals surface area (Å²) in [4.78, 5) is 0. The van der Waals surface area contributed by atoms with Crippen LogP contribution in [-0.4, -0.2) is 6.61 Å². The quantitative estimate of drug-likeness (QED) is 0.571. The minimum Gasteiger partial charge on any atom is -0.494 e. The molecule has 0 spiro atoms. The normalized spacial score (nSPS) is 20.6. The van der Waals surface area contributed by atoms with Crippen LogP contribution in [0.3, 0.4) is 0 Å². The molecule has 1 fully saturated rings. The standard InChI is InChI=1S/C22H29FO/c1-3-7-18-10-12-19(13-11-18)8-5-6-9-20-14-15-21(17-22(20)23)24-16-4-2/h5,8,14-15,17-19H,3-4,7,10-13,16H2,1-2H3. The van der Waals surface area contributed by atoms with Crippen molar-refractivity contribution in [3.63, 3.8) is 0 Å². The number of hydrogen-bond donors (Lipinski definition) is 0. The predicted octanol–water partition coefficient (Wildman–Crippen LogP) is 6.13. The van der Waals surface area contributed by atoms with Gasteiger partial charge in [0.2, 0.25) is 0 Å². The van der Waals surface area contributed by atoms with Crippen LogP contribution < -0.4 is 4.74 Å². The molecule has 130 valence electrons. The highest BCUT2D eigenvalue weighted by Gasteiger charge is 2.18. The number of hydrogen-bond acceptors (Lipinski definition) is 1. The van der Waals surface area contributed by atoms with Crippen LogP contribution in [0.15, 0.2) is 30.4 Å². The molecule has 1 aromatic carbocycles. The predicted molar refractivity (Wildman–Crippen MR) is 98.6 cm³/mol. The third-order valence-electron chi connectivity index (χ3n) is 4.66. The van der Waals surface area contributed by atoms with E-state index in [0.717, 1.165) is 12.3 Å². The van der Waals surface area contributed by atoms with Crippen LogP contribution >= 0.6 is 0 Å². The fourth-order valence-electron chi connectivity index (χ4n) is 3.29. The Kier molecular flexibility index (Phi) is 7.89. The Labute approximate surface area is 146 Å². The van der Waals surface area contributed by atoms with Gasteiger partial charge in [-0.05, 0) is 62.1 Å². The number of benzene rings is 1. The molecule has 0 aromatic heterocycles. The molecule has 1 nitrogen and oxygen atoms in total. The van der Waals surface area contributed by atoms with Crippen molar-refractivity contribution in [2.75, 3.05) is 6.61 Å². The summed E-state index contributed by atoms with van der Waals surface area (Å²) >= 11 is 0. The Balaban J connectivity index is 1.84. The third kappa shape index (κ3) is 6.04. The van der Waals surface area contributed by atoms with E-state index in [-0.39, 0.29) is 5.82 Å². The second kappa shape index (κ2) is 10.2. The molecule has 0 aliphatic heterocycles. The molecule has 0 amide bonds. The van der Waals surface area contributed by atoms with Crippen molar-refractivity contribution in [2.24, 2.45) is 11.8 Å². The third-order valence-corrected chi connectivity index (χ3v) is 4.66. The Morgan fingerprint density at radius 3 is 2.62 bits per heavy atom. The van der Waals surface area contributed by atoms with Crippen molar-refractivity contribution in [3.8, 4) is 17.6 Å². The topological polar surface area (TPSA) is 9.23 Å². The number of ether oxygens (including phenoxy) is 1. The van der Waals surface area contributed by atoms with Gasteiger partial charge < -0.3 is 4.74 Å². The molecule has 0 atom stereocenters. The van der Waals surface area contributed by atoms with Gasteiger partial charge in [-0.3, -0.25) is 0 Å². The zero-order valence-electron chi connectivity index (χ0n) is 15.0. The molecule has 2 heteroatoms. The minimum atomic E-state index is -0.315. The van der Waals surface area contributed by atoms with Gasteiger partial charge in [-0.15, -0.1) is 0 Å². The second-order valence-electron chi connectivity index (χ2n) is 6.69. The summed E-state index contributed by atoms with van der Waals surface area (Å²) < 4.78 is 19.4. The van der Waals surface area contributed by atoms with Gasteiger partial charge in [-0.2, -0.15) is 0 Å². The fourth-order valence-corrected chi connectivity index (χ4v) is 3.29. The van der Waals surface area contributed by atoms with Crippen molar-refractivity contribution in [3.05, 3.63) is 41.7 Å². The first-order valence-electron chi connectivity index (χ1n) is 9.33. The summed E-state index contributed by atoms with van der Waals surface area (Å²) in [5.74, 6) is 7.69. The summed E-state index contributed by atoms with van der Waals surface area (Å²) in [7, 11) is 0. The van der Waals surface area contributed by atoms with Gasteiger partial charge in [0.15, 0.2) is 0 Å². The van der Waals surface area contributed by atoms with Crippen molar-refractivity contribution in [2.45, 2.75) is 58.8 Å². The van der Waals surface area contributed by atoms with E-state index < -0.39 is 0 Å². The smallest absolute Gasteiger partial charge is 0.142 e. The van der Waals surface area contributed by atoms with E-state index in [1.165, 1.54) is 44.6 Å². The summed E-state index contributed by atoms with van der Waals surface area (Å²) in [5, 5.41) is 0. The highest BCUT2D eigenvalue weighted by atomic mass is 19.1. The second-order valence-corrected chi connectivity index (χ2v) is 6.69. The van der Waals surface area contributed by atoms with Crippen LogP contribution in [0, 0.1) is 29.5 Å². The lowest BCUT2D eigenvalue weighted by Gasteiger charge is -2.26. The summed E-state index contributed by atoms with van der Waals surface area (Å²) in [5.41, 5.74) is 0.426. The molecule has 1 aliphatic rings. The molecular weight excluding hydrogens is 299 g/mol. The van der Waals surface area contributed by atoms with Gasteiger partial charge in [0, 0.05) is 6.07 Å². The Bertz CT molecular complexity index is 586. The van der Waals surface area contributed by atoms with Crippen molar-refractivity contribution < 1.29 is 9.13 Å². The molecule has 1 aromatic rings. The zero-order chi connectivity index (χ0) is 17.2. The first-order chi connectivity index (χ1) is 11.7. The maximum atomic E-state index is 14.0. The monoisotopic (exact) mass is 328 g/mol. The van der Waals surface area contributed by atoms with Gasteiger partial charge in [0.25, 0.3) is 0 Å². The highest BCUT2D eigenvalue weighted by Crippen LogP contribution is 2.32.